The van der Waals surface area contributed by atoms with Crippen LogP contribution in [0, 0.1) is 12.8 Å². The Labute approximate surface area is 171 Å². The maximum absolute atomic E-state index is 13.1. The monoisotopic (exact) mass is 416 g/mol. The van der Waals surface area contributed by atoms with Crippen LogP contribution in [0.15, 0.2) is 23.0 Å². The van der Waals surface area contributed by atoms with E-state index in [0.29, 0.717) is 26.8 Å². The Balaban J connectivity index is 1.68. The smallest absolute Gasteiger partial charge is 0.279 e. The molecule has 0 saturated carbocycles. The van der Waals surface area contributed by atoms with Crippen molar-refractivity contribution >= 4 is 44.7 Å². The van der Waals surface area contributed by atoms with Crippen LogP contribution in [0.4, 0.5) is 5.69 Å². The van der Waals surface area contributed by atoms with Crippen LogP contribution >= 0.6 is 22.9 Å². The Morgan fingerprint density at radius 3 is 3.00 bits per heavy atom. The molecule has 2 atom stereocenters. The molecule has 2 heterocycles. The van der Waals surface area contributed by atoms with Gasteiger partial charge in [-0.15, -0.1) is 16.4 Å². The number of nitrogens with one attached hydrogen (secondary N) is 1. The third-order valence-electron chi connectivity index (χ3n) is 5.35. The summed E-state index contributed by atoms with van der Waals surface area (Å²) in [5.41, 5.74) is 2.35. The molecule has 0 aliphatic heterocycles. The standard InChI is InChI=1S/C20H21ClN4O2S/c1-10-4-7-14-16(8-10)28-19-17(14)20(27)25(24-23-19)12(3)18(26)22-15-9-13(21)6-5-11(15)2/h5-6,9-10,12H,4,7-8H2,1-3H3,(H,22,26)/t10-,12+/m0/s1. The molecule has 146 valence electrons. The normalized spacial score (nSPS) is 17.4. The zero-order valence-electron chi connectivity index (χ0n) is 16.0. The van der Waals surface area contributed by atoms with Crippen molar-refractivity contribution in [3.05, 3.63) is 49.6 Å². The number of benzene rings is 1. The fourth-order valence-corrected chi connectivity index (χ4v) is 5.09. The molecule has 0 fully saturated rings. The summed E-state index contributed by atoms with van der Waals surface area (Å²) >= 11 is 7.58. The fourth-order valence-electron chi connectivity index (χ4n) is 3.60. The number of aryl methyl sites for hydroxylation is 2. The first-order valence-electron chi connectivity index (χ1n) is 9.32. The van der Waals surface area contributed by atoms with Gasteiger partial charge in [-0.05, 0) is 62.3 Å². The summed E-state index contributed by atoms with van der Waals surface area (Å²) in [5.74, 6) is 0.278. The zero-order valence-corrected chi connectivity index (χ0v) is 17.5. The number of hydrogen-bond donors (Lipinski definition) is 1. The van der Waals surface area contributed by atoms with Crippen LogP contribution in [0.25, 0.3) is 10.2 Å². The Kier molecular flexibility index (Phi) is 4.97. The van der Waals surface area contributed by atoms with Crippen LogP contribution in [-0.2, 0) is 17.6 Å². The second kappa shape index (κ2) is 7.29. The van der Waals surface area contributed by atoms with E-state index in [4.69, 9.17) is 11.6 Å². The van der Waals surface area contributed by atoms with Crippen LogP contribution in [0.2, 0.25) is 5.02 Å². The second-order valence-electron chi connectivity index (χ2n) is 7.50. The summed E-state index contributed by atoms with van der Waals surface area (Å²) in [5, 5.41) is 12.3. The van der Waals surface area contributed by atoms with Crippen molar-refractivity contribution in [3.63, 3.8) is 0 Å². The summed E-state index contributed by atoms with van der Waals surface area (Å²) in [4.78, 5) is 27.8. The van der Waals surface area contributed by atoms with Gasteiger partial charge in [0.1, 0.15) is 6.04 Å². The average Bonchev–Trinajstić information content (AvgIpc) is 3.02. The largest absolute Gasteiger partial charge is 0.324 e. The van der Waals surface area contributed by atoms with Gasteiger partial charge in [-0.1, -0.05) is 29.8 Å². The number of carbonyl (C=O) groups is 1. The first-order chi connectivity index (χ1) is 13.3. The lowest BCUT2D eigenvalue weighted by atomic mass is 9.89. The molecule has 3 aromatic rings. The van der Waals surface area contributed by atoms with E-state index in [-0.39, 0.29) is 11.5 Å². The molecule has 0 radical (unpaired) electrons. The molecule has 1 N–H and O–H groups in total. The molecule has 1 amide bonds. The SMILES string of the molecule is Cc1ccc(Cl)cc1NC(=O)[C@@H](C)n1nnc2sc3c(c2c1=O)CC[C@H](C)C3. The van der Waals surface area contributed by atoms with Crippen LogP contribution in [0.5, 0.6) is 0 Å². The summed E-state index contributed by atoms with van der Waals surface area (Å²) in [7, 11) is 0. The molecule has 0 bridgehead atoms. The number of fused-ring (bicyclic) bond motifs is 3. The van der Waals surface area contributed by atoms with Crippen LogP contribution in [0.1, 0.15) is 42.3 Å². The lowest BCUT2D eigenvalue weighted by Crippen LogP contribution is -2.34. The van der Waals surface area contributed by atoms with Gasteiger partial charge in [-0.25, -0.2) is 0 Å². The average molecular weight is 417 g/mol. The molecular formula is C20H21ClN4O2S. The third-order valence-corrected chi connectivity index (χ3v) is 6.72. The highest BCUT2D eigenvalue weighted by Crippen LogP contribution is 2.35. The molecule has 1 aliphatic rings. The molecular weight excluding hydrogens is 396 g/mol. The topological polar surface area (TPSA) is 76.9 Å². The van der Waals surface area contributed by atoms with Crippen molar-refractivity contribution in [3.8, 4) is 0 Å². The number of thiophene rings is 1. The zero-order chi connectivity index (χ0) is 20.0. The molecule has 6 nitrogen and oxygen atoms in total. The molecule has 4 rings (SSSR count). The number of nitrogens with zero attached hydrogens (tertiary/aromatic N) is 3. The lowest BCUT2D eigenvalue weighted by molar-refractivity contribution is -0.119. The van der Waals surface area contributed by atoms with Gasteiger partial charge in [0.2, 0.25) is 5.91 Å². The van der Waals surface area contributed by atoms with Crippen molar-refractivity contribution in [2.45, 2.75) is 46.1 Å². The molecule has 8 heteroatoms. The predicted molar refractivity (Wildman–Crippen MR) is 112 cm³/mol. The Bertz CT molecular complexity index is 1140. The molecule has 1 aromatic carbocycles. The van der Waals surface area contributed by atoms with Crippen molar-refractivity contribution in [1.82, 2.24) is 15.0 Å². The third kappa shape index (κ3) is 3.33. The first kappa shape index (κ1) is 19.1. The fraction of sp³-hybridized carbons (Fsp3) is 0.400. The maximum Gasteiger partial charge on any atom is 0.279 e. The molecule has 0 unspecified atom stereocenters. The van der Waals surface area contributed by atoms with E-state index in [1.54, 1.807) is 30.4 Å². The van der Waals surface area contributed by atoms with Crippen molar-refractivity contribution in [2.75, 3.05) is 5.32 Å². The number of rotatable bonds is 3. The summed E-state index contributed by atoms with van der Waals surface area (Å²) in [6, 6.07) is 4.50. The quantitative estimate of drug-likeness (QED) is 0.696. The minimum atomic E-state index is -0.791. The van der Waals surface area contributed by atoms with Gasteiger partial charge in [-0.3, -0.25) is 9.59 Å². The van der Waals surface area contributed by atoms with Gasteiger partial charge in [-0.2, -0.15) is 4.68 Å². The van der Waals surface area contributed by atoms with Gasteiger partial charge in [0, 0.05) is 15.6 Å². The summed E-state index contributed by atoms with van der Waals surface area (Å²) in [6.07, 6.45) is 2.91. The highest BCUT2D eigenvalue weighted by Gasteiger charge is 2.26. The van der Waals surface area contributed by atoms with Gasteiger partial charge >= 0.3 is 0 Å². The second-order valence-corrected chi connectivity index (χ2v) is 9.02. The van der Waals surface area contributed by atoms with Crippen molar-refractivity contribution in [1.29, 1.82) is 0 Å². The van der Waals surface area contributed by atoms with Gasteiger partial charge in [0.05, 0.1) is 5.39 Å². The summed E-state index contributed by atoms with van der Waals surface area (Å²) < 4.78 is 1.18. The minimum Gasteiger partial charge on any atom is -0.324 e. The van der Waals surface area contributed by atoms with E-state index in [1.165, 1.54) is 9.56 Å². The van der Waals surface area contributed by atoms with Gasteiger partial charge < -0.3 is 5.32 Å². The molecule has 0 saturated heterocycles. The minimum absolute atomic E-state index is 0.248. The van der Waals surface area contributed by atoms with Crippen LogP contribution in [-0.4, -0.2) is 20.9 Å². The molecule has 0 spiro atoms. The van der Waals surface area contributed by atoms with E-state index >= 15 is 0 Å². The number of amides is 1. The number of halogens is 1. The maximum atomic E-state index is 13.1. The van der Waals surface area contributed by atoms with Crippen molar-refractivity contribution < 1.29 is 4.79 Å². The molecule has 1 aliphatic carbocycles. The number of carbonyl (C=O) groups excluding carboxylic acids is 1. The van der Waals surface area contributed by atoms with Gasteiger partial charge in [0.15, 0.2) is 4.83 Å². The van der Waals surface area contributed by atoms with Crippen LogP contribution < -0.4 is 10.9 Å². The Hall–Kier alpha value is -2.25. The van der Waals surface area contributed by atoms with Gasteiger partial charge in [0.25, 0.3) is 5.56 Å². The predicted octanol–water partition coefficient (Wildman–Crippen LogP) is 4.14. The lowest BCUT2D eigenvalue weighted by Gasteiger charge is -2.18. The Morgan fingerprint density at radius 1 is 1.43 bits per heavy atom. The highest BCUT2D eigenvalue weighted by molar-refractivity contribution is 7.18. The van der Waals surface area contributed by atoms with E-state index in [1.807, 2.05) is 13.0 Å². The molecule has 2 aromatic heterocycles. The first-order valence-corrected chi connectivity index (χ1v) is 10.5. The highest BCUT2D eigenvalue weighted by atomic mass is 35.5. The number of hydrogen-bond acceptors (Lipinski definition) is 5. The van der Waals surface area contributed by atoms with E-state index < -0.39 is 6.04 Å². The van der Waals surface area contributed by atoms with E-state index in [2.05, 4.69) is 22.6 Å². The van der Waals surface area contributed by atoms with E-state index in [9.17, 15) is 9.59 Å². The van der Waals surface area contributed by atoms with Crippen molar-refractivity contribution in [2.24, 2.45) is 5.92 Å². The number of anilines is 1. The Morgan fingerprint density at radius 2 is 2.21 bits per heavy atom. The van der Waals surface area contributed by atoms with Crippen LogP contribution in [0.3, 0.4) is 0 Å². The molecule has 28 heavy (non-hydrogen) atoms. The summed E-state index contributed by atoms with van der Waals surface area (Å²) in [6.45, 7) is 5.76. The van der Waals surface area contributed by atoms with E-state index in [0.717, 1.165) is 30.4 Å². The number of aromatic nitrogens is 3.